The van der Waals surface area contributed by atoms with Crippen LogP contribution in [0, 0.1) is 5.41 Å². The molecule has 1 aromatic rings. The number of anilines is 1. The van der Waals surface area contributed by atoms with Crippen LogP contribution in [0.1, 0.15) is 30.3 Å². The van der Waals surface area contributed by atoms with Crippen LogP contribution in [0.5, 0.6) is 0 Å². The Labute approximate surface area is 111 Å². The number of nitrogen functional groups attached to an aromatic ring is 1. The van der Waals surface area contributed by atoms with E-state index in [1.807, 2.05) is 6.92 Å². The predicted octanol–water partition coefficient (Wildman–Crippen LogP) is 0.991. The number of likely N-dealkylation sites (tertiary alicyclic amines) is 1. The highest BCUT2D eigenvalue weighted by atomic mass is 16.4. The molecule has 6 heteroatoms. The van der Waals surface area contributed by atoms with Gasteiger partial charge in [0.05, 0.1) is 17.3 Å². The quantitative estimate of drug-likeness (QED) is 0.847. The summed E-state index contributed by atoms with van der Waals surface area (Å²) < 4.78 is 0. The number of pyridine rings is 1. The molecule has 1 aliphatic rings. The molecule has 0 aromatic carbocycles. The molecule has 1 amide bonds. The average molecular weight is 263 g/mol. The second-order valence-electron chi connectivity index (χ2n) is 4.89. The molecule has 2 rings (SSSR count). The van der Waals surface area contributed by atoms with Gasteiger partial charge in [0.2, 0.25) is 0 Å². The monoisotopic (exact) mass is 263 g/mol. The van der Waals surface area contributed by atoms with Gasteiger partial charge in [0.1, 0.15) is 5.69 Å². The number of nitrogens with two attached hydrogens (primary N) is 1. The van der Waals surface area contributed by atoms with Gasteiger partial charge >= 0.3 is 5.97 Å². The van der Waals surface area contributed by atoms with Gasteiger partial charge in [-0.2, -0.15) is 0 Å². The molecule has 6 nitrogen and oxygen atoms in total. The summed E-state index contributed by atoms with van der Waals surface area (Å²) in [6.07, 6.45) is 2.42. The Kier molecular flexibility index (Phi) is 3.42. The van der Waals surface area contributed by atoms with Crippen molar-refractivity contribution in [2.45, 2.75) is 19.8 Å². The van der Waals surface area contributed by atoms with Gasteiger partial charge in [-0.3, -0.25) is 9.59 Å². The van der Waals surface area contributed by atoms with Crippen LogP contribution in [-0.2, 0) is 4.79 Å². The SMILES string of the molecule is CCC1(C(=O)O)CCN(C(=O)c2ccc(N)cn2)C1. The lowest BCUT2D eigenvalue weighted by atomic mass is 9.84. The Balaban J connectivity index is 2.14. The summed E-state index contributed by atoms with van der Waals surface area (Å²) in [7, 11) is 0. The van der Waals surface area contributed by atoms with Crippen molar-refractivity contribution in [1.82, 2.24) is 9.88 Å². The van der Waals surface area contributed by atoms with Crippen molar-refractivity contribution in [3.8, 4) is 0 Å². The number of rotatable bonds is 3. The molecule has 0 radical (unpaired) electrons. The summed E-state index contributed by atoms with van der Waals surface area (Å²) in [5.74, 6) is -1.08. The summed E-state index contributed by atoms with van der Waals surface area (Å²) in [4.78, 5) is 29.1. The second kappa shape index (κ2) is 4.87. The molecule has 19 heavy (non-hydrogen) atoms. The zero-order valence-electron chi connectivity index (χ0n) is 10.8. The second-order valence-corrected chi connectivity index (χ2v) is 4.89. The Morgan fingerprint density at radius 2 is 2.26 bits per heavy atom. The number of carbonyl (C=O) groups is 2. The van der Waals surface area contributed by atoms with Crippen LogP contribution in [0.25, 0.3) is 0 Å². The molecule has 1 atom stereocenters. The van der Waals surface area contributed by atoms with Gasteiger partial charge in [-0.05, 0) is 25.0 Å². The van der Waals surface area contributed by atoms with E-state index in [9.17, 15) is 14.7 Å². The number of aromatic nitrogens is 1. The fraction of sp³-hybridized carbons (Fsp3) is 0.462. The van der Waals surface area contributed by atoms with Crippen LogP contribution in [0.4, 0.5) is 5.69 Å². The summed E-state index contributed by atoms with van der Waals surface area (Å²) in [5, 5.41) is 9.30. The number of nitrogens with zero attached hydrogens (tertiary/aromatic N) is 2. The number of carbonyl (C=O) groups excluding carboxylic acids is 1. The normalized spacial score (nSPS) is 22.5. The van der Waals surface area contributed by atoms with Crippen LogP contribution < -0.4 is 5.73 Å². The van der Waals surface area contributed by atoms with E-state index in [-0.39, 0.29) is 12.5 Å². The van der Waals surface area contributed by atoms with Crippen molar-refractivity contribution in [3.05, 3.63) is 24.0 Å². The van der Waals surface area contributed by atoms with Crippen molar-refractivity contribution in [2.24, 2.45) is 5.41 Å². The van der Waals surface area contributed by atoms with Crippen LogP contribution in [0.3, 0.4) is 0 Å². The average Bonchev–Trinajstić information content (AvgIpc) is 2.84. The molecular weight excluding hydrogens is 246 g/mol. The van der Waals surface area contributed by atoms with E-state index in [4.69, 9.17) is 5.73 Å². The number of carboxylic acid groups (broad SMARTS) is 1. The van der Waals surface area contributed by atoms with Gasteiger partial charge in [0, 0.05) is 13.1 Å². The van der Waals surface area contributed by atoms with Gasteiger partial charge in [0.15, 0.2) is 0 Å². The highest BCUT2D eigenvalue weighted by molar-refractivity contribution is 5.93. The van der Waals surface area contributed by atoms with E-state index in [2.05, 4.69) is 4.98 Å². The first kappa shape index (κ1) is 13.3. The maximum atomic E-state index is 12.2. The summed E-state index contributed by atoms with van der Waals surface area (Å²) in [6.45, 7) is 2.53. The van der Waals surface area contributed by atoms with Crippen molar-refractivity contribution in [3.63, 3.8) is 0 Å². The molecular formula is C13H17N3O3. The Bertz CT molecular complexity index is 500. The number of aliphatic carboxylic acids is 1. The fourth-order valence-corrected chi connectivity index (χ4v) is 2.35. The van der Waals surface area contributed by atoms with Gasteiger partial charge in [-0.15, -0.1) is 0 Å². The smallest absolute Gasteiger partial charge is 0.311 e. The summed E-state index contributed by atoms with van der Waals surface area (Å²) in [5.41, 5.74) is 5.49. The molecule has 1 unspecified atom stereocenters. The topological polar surface area (TPSA) is 96.5 Å². The molecule has 3 N–H and O–H groups in total. The third-order valence-corrected chi connectivity index (χ3v) is 3.78. The van der Waals surface area contributed by atoms with Gasteiger partial charge in [-0.1, -0.05) is 6.92 Å². The molecule has 1 aliphatic heterocycles. The van der Waals surface area contributed by atoms with Crippen molar-refractivity contribution in [2.75, 3.05) is 18.8 Å². The Morgan fingerprint density at radius 3 is 2.74 bits per heavy atom. The fourth-order valence-electron chi connectivity index (χ4n) is 2.35. The maximum Gasteiger partial charge on any atom is 0.311 e. The Hall–Kier alpha value is -2.11. The number of amides is 1. The number of hydrogen-bond donors (Lipinski definition) is 2. The largest absolute Gasteiger partial charge is 0.481 e. The van der Waals surface area contributed by atoms with E-state index in [0.717, 1.165) is 0 Å². The molecule has 0 saturated carbocycles. The summed E-state index contributed by atoms with van der Waals surface area (Å²) in [6, 6.07) is 3.17. The zero-order valence-corrected chi connectivity index (χ0v) is 10.8. The van der Waals surface area contributed by atoms with E-state index >= 15 is 0 Å². The van der Waals surface area contributed by atoms with Crippen LogP contribution >= 0.6 is 0 Å². The van der Waals surface area contributed by atoms with Gasteiger partial charge in [0.25, 0.3) is 5.91 Å². The standard InChI is InChI=1S/C13H17N3O3/c1-2-13(12(18)19)5-6-16(8-13)11(17)10-4-3-9(14)7-15-10/h3-4,7H,2,5-6,8,14H2,1H3,(H,18,19). The predicted molar refractivity (Wildman–Crippen MR) is 69.5 cm³/mol. The molecule has 0 aliphatic carbocycles. The molecule has 0 bridgehead atoms. The minimum Gasteiger partial charge on any atom is -0.481 e. The lowest BCUT2D eigenvalue weighted by Gasteiger charge is -2.22. The minimum atomic E-state index is -0.837. The first-order valence-electron chi connectivity index (χ1n) is 6.23. The van der Waals surface area contributed by atoms with E-state index in [1.165, 1.54) is 6.20 Å². The first-order valence-corrected chi connectivity index (χ1v) is 6.23. The molecule has 0 spiro atoms. The first-order chi connectivity index (χ1) is 8.98. The highest BCUT2D eigenvalue weighted by Crippen LogP contribution is 2.34. The van der Waals surface area contributed by atoms with Crippen LogP contribution in [-0.4, -0.2) is 40.0 Å². The van der Waals surface area contributed by atoms with Crippen molar-refractivity contribution < 1.29 is 14.7 Å². The highest BCUT2D eigenvalue weighted by Gasteiger charge is 2.44. The minimum absolute atomic E-state index is 0.239. The third kappa shape index (κ3) is 2.38. The van der Waals surface area contributed by atoms with E-state index in [1.54, 1.807) is 17.0 Å². The summed E-state index contributed by atoms with van der Waals surface area (Å²) >= 11 is 0. The van der Waals surface area contributed by atoms with Crippen LogP contribution in [0.2, 0.25) is 0 Å². The van der Waals surface area contributed by atoms with Crippen molar-refractivity contribution in [1.29, 1.82) is 0 Å². The van der Waals surface area contributed by atoms with Gasteiger partial charge < -0.3 is 15.7 Å². The molecule has 1 fully saturated rings. The van der Waals surface area contributed by atoms with Crippen LogP contribution in [0.15, 0.2) is 18.3 Å². The molecule has 1 saturated heterocycles. The number of carboxylic acids is 1. The Morgan fingerprint density at radius 1 is 1.53 bits per heavy atom. The van der Waals surface area contributed by atoms with Crippen molar-refractivity contribution >= 4 is 17.6 Å². The van der Waals surface area contributed by atoms with Gasteiger partial charge in [-0.25, -0.2) is 4.98 Å². The maximum absolute atomic E-state index is 12.2. The zero-order chi connectivity index (χ0) is 14.0. The molecule has 2 heterocycles. The molecule has 102 valence electrons. The lowest BCUT2D eigenvalue weighted by Crippen LogP contribution is -2.36. The van der Waals surface area contributed by atoms with E-state index < -0.39 is 11.4 Å². The van der Waals surface area contributed by atoms with E-state index in [0.29, 0.717) is 30.8 Å². The molecule has 1 aromatic heterocycles. The lowest BCUT2D eigenvalue weighted by molar-refractivity contribution is -0.148. The number of hydrogen-bond acceptors (Lipinski definition) is 4. The third-order valence-electron chi connectivity index (χ3n) is 3.78.